The van der Waals surface area contributed by atoms with E-state index in [0.717, 1.165) is 19.3 Å². The minimum Gasteiger partial charge on any atom is -0.450 e. The molecule has 2 atom stereocenters. The summed E-state index contributed by atoms with van der Waals surface area (Å²) in [6.45, 7) is 3.70. The Hall–Kier alpha value is -1.30. The van der Waals surface area contributed by atoms with E-state index in [1.807, 2.05) is 4.90 Å². The molecule has 1 N–H and O–H groups in total. The van der Waals surface area contributed by atoms with Crippen LogP contribution in [-0.2, 0) is 14.3 Å². The molecule has 1 saturated carbocycles. The Morgan fingerprint density at radius 2 is 2.26 bits per heavy atom. The number of ether oxygens (including phenoxy) is 2. The van der Waals surface area contributed by atoms with Crippen molar-refractivity contribution < 1.29 is 19.1 Å². The summed E-state index contributed by atoms with van der Waals surface area (Å²) in [4.78, 5) is 25.2. The van der Waals surface area contributed by atoms with E-state index in [1.165, 1.54) is 0 Å². The van der Waals surface area contributed by atoms with Crippen LogP contribution in [0.25, 0.3) is 0 Å². The molecule has 6 nitrogen and oxygen atoms in total. The van der Waals surface area contributed by atoms with E-state index in [2.05, 4.69) is 5.32 Å². The van der Waals surface area contributed by atoms with Crippen LogP contribution in [-0.4, -0.2) is 55.3 Å². The molecule has 0 radical (unpaired) electrons. The summed E-state index contributed by atoms with van der Waals surface area (Å²) in [5, 5.41) is 2.57. The van der Waals surface area contributed by atoms with Crippen LogP contribution in [0.3, 0.4) is 0 Å². The molecule has 0 aromatic rings. The molecule has 1 aliphatic heterocycles. The summed E-state index contributed by atoms with van der Waals surface area (Å²) in [7, 11) is 0. The maximum absolute atomic E-state index is 12.2. The summed E-state index contributed by atoms with van der Waals surface area (Å²) in [6, 6.07) is 0.240. The van der Waals surface area contributed by atoms with Gasteiger partial charge >= 0.3 is 6.09 Å². The standard InChI is InChI=1S/C13H22N2O4/c1-2-18-13(17)14-7-6-12(16)15-8-9-19-11-5-3-4-10(11)15/h10-11H,2-9H2,1H3,(H,14,17)/t10-,11-/m1/s1. The third-order valence-corrected chi connectivity index (χ3v) is 3.69. The molecule has 2 rings (SSSR count). The van der Waals surface area contributed by atoms with E-state index in [-0.39, 0.29) is 18.1 Å². The molecule has 0 bridgehead atoms. The molecule has 1 saturated heterocycles. The molecular formula is C13H22N2O4. The van der Waals surface area contributed by atoms with Gasteiger partial charge in [-0.2, -0.15) is 0 Å². The molecule has 19 heavy (non-hydrogen) atoms. The number of hydrogen-bond donors (Lipinski definition) is 1. The lowest BCUT2D eigenvalue weighted by Gasteiger charge is -2.37. The normalized spacial score (nSPS) is 25.8. The predicted octanol–water partition coefficient (Wildman–Crippen LogP) is 0.902. The number of rotatable bonds is 4. The first-order valence-corrected chi connectivity index (χ1v) is 7.04. The Balaban J connectivity index is 1.74. The first kappa shape index (κ1) is 14.1. The van der Waals surface area contributed by atoms with Crippen LogP contribution in [0.1, 0.15) is 32.6 Å². The third kappa shape index (κ3) is 3.59. The van der Waals surface area contributed by atoms with Gasteiger partial charge in [0.05, 0.1) is 25.4 Å². The van der Waals surface area contributed by atoms with E-state index >= 15 is 0 Å². The van der Waals surface area contributed by atoms with Gasteiger partial charge in [-0.1, -0.05) is 0 Å². The molecule has 2 aliphatic rings. The van der Waals surface area contributed by atoms with E-state index < -0.39 is 6.09 Å². The highest BCUT2D eigenvalue weighted by molar-refractivity contribution is 5.77. The summed E-state index contributed by atoms with van der Waals surface area (Å²) >= 11 is 0. The van der Waals surface area contributed by atoms with E-state index in [1.54, 1.807) is 6.92 Å². The van der Waals surface area contributed by atoms with Crippen molar-refractivity contribution in [1.82, 2.24) is 10.2 Å². The molecule has 0 unspecified atom stereocenters. The first-order valence-electron chi connectivity index (χ1n) is 7.04. The number of nitrogens with one attached hydrogen (secondary N) is 1. The predicted molar refractivity (Wildman–Crippen MR) is 68.7 cm³/mol. The second-order valence-electron chi connectivity index (χ2n) is 4.89. The SMILES string of the molecule is CCOC(=O)NCCC(=O)N1CCO[C@@H]2CCC[C@H]21. The molecule has 1 aliphatic carbocycles. The first-order chi connectivity index (χ1) is 9.22. The van der Waals surface area contributed by atoms with Gasteiger partial charge in [0.15, 0.2) is 0 Å². The van der Waals surface area contributed by atoms with Crippen LogP contribution in [0.15, 0.2) is 0 Å². The maximum atomic E-state index is 12.2. The van der Waals surface area contributed by atoms with Crippen molar-refractivity contribution in [2.45, 2.75) is 44.8 Å². The van der Waals surface area contributed by atoms with Crippen LogP contribution in [0, 0.1) is 0 Å². The summed E-state index contributed by atoms with van der Waals surface area (Å²) in [5.41, 5.74) is 0. The van der Waals surface area contributed by atoms with Crippen LogP contribution in [0.4, 0.5) is 4.79 Å². The van der Waals surface area contributed by atoms with Crippen LogP contribution < -0.4 is 5.32 Å². The van der Waals surface area contributed by atoms with Gasteiger partial charge in [-0.25, -0.2) is 4.79 Å². The number of amides is 2. The van der Waals surface area contributed by atoms with Gasteiger partial charge in [0.25, 0.3) is 0 Å². The zero-order valence-corrected chi connectivity index (χ0v) is 11.4. The van der Waals surface area contributed by atoms with Crippen molar-refractivity contribution in [3.63, 3.8) is 0 Å². The summed E-state index contributed by atoms with van der Waals surface area (Å²) in [5.74, 6) is 0.0944. The highest BCUT2D eigenvalue weighted by atomic mass is 16.5. The lowest BCUT2D eigenvalue weighted by Crippen LogP contribution is -2.51. The minimum atomic E-state index is -0.462. The number of fused-ring (bicyclic) bond motifs is 1. The number of morpholine rings is 1. The Labute approximate surface area is 113 Å². The molecule has 2 fully saturated rings. The largest absolute Gasteiger partial charge is 0.450 e. The molecule has 2 amide bonds. The van der Waals surface area contributed by atoms with E-state index in [4.69, 9.17) is 9.47 Å². The third-order valence-electron chi connectivity index (χ3n) is 3.69. The van der Waals surface area contributed by atoms with Gasteiger partial charge in [0.2, 0.25) is 5.91 Å². The second kappa shape index (κ2) is 6.75. The summed E-state index contributed by atoms with van der Waals surface area (Å²) in [6.07, 6.45) is 3.28. The van der Waals surface area contributed by atoms with Gasteiger partial charge in [0, 0.05) is 19.5 Å². The number of alkyl carbamates (subject to hydrolysis) is 1. The van der Waals surface area contributed by atoms with Crippen molar-refractivity contribution in [2.75, 3.05) is 26.3 Å². The number of carbonyl (C=O) groups excluding carboxylic acids is 2. The number of hydrogen-bond acceptors (Lipinski definition) is 4. The van der Waals surface area contributed by atoms with Crippen molar-refractivity contribution in [1.29, 1.82) is 0 Å². The Morgan fingerprint density at radius 3 is 3.05 bits per heavy atom. The summed E-state index contributed by atoms with van der Waals surface area (Å²) < 4.78 is 10.4. The molecule has 1 heterocycles. The highest BCUT2D eigenvalue weighted by Gasteiger charge is 2.37. The highest BCUT2D eigenvalue weighted by Crippen LogP contribution is 2.29. The Morgan fingerprint density at radius 1 is 1.42 bits per heavy atom. The molecule has 0 spiro atoms. The minimum absolute atomic E-state index is 0.0944. The smallest absolute Gasteiger partial charge is 0.407 e. The molecule has 6 heteroatoms. The van der Waals surface area contributed by atoms with Crippen molar-refractivity contribution in [3.05, 3.63) is 0 Å². The van der Waals surface area contributed by atoms with Crippen LogP contribution in [0.2, 0.25) is 0 Å². The lowest BCUT2D eigenvalue weighted by atomic mass is 10.1. The quantitative estimate of drug-likeness (QED) is 0.824. The van der Waals surface area contributed by atoms with Crippen molar-refractivity contribution in [3.8, 4) is 0 Å². The Kier molecular flexibility index (Phi) is 5.01. The fourth-order valence-corrected chi connectivity index (χ4v) is 2.83. The second-order valence-corrected chi connectivity index (χ2v) is 4.89. The van der Waals surface area contributed by atoms with E-state index in [0.29, 0.717) is 32.7 Å². The van der Waals surface area contributed by atoms with Gasteiger partial charge < -0.3 is 19.7 Å². The average Bonchev–Trinajstić information content (AvgIpc) is 2.86. The Bertz CT molecular complexity index is 335. The maximum Gasteiger partial charge on any atom is 0.407 e. The monoisotopic (exact) mass is 270 g/mol. The zero-order chi connectivity index (χ0) is 13.7. The van der Waals surface area contributed by atoms with E-state index in [9.17, 15) is 9.59 Å². The van der Waals surface area contributed by atoms with Crippen molar-refractivity contribution in [2.24, 2.45) is 0 Å². The number of nitrogens with zero attached hydrogens (tertiary/aromatic N) is 1. The van der Waals surface area contributed by atoms with Gasteiger partial charge in [-0.05, 0) is 26.2 Å². The fraction of sp³-hybridized carbons (Fsp3) is 0.846. The van der Waals surface area contributed by atoms with Gasteiger partial charge in [-0.3, -0.25) is 4.79 Å². The average molecular weight is 270 g/mol. The molecule has 108 valence electrons. The molecular weight excluding hydrogens is 248 g/mol. The molecule has 0 aromatic carbocycles. The van der Waals surface area contributed by atoms with Gasteiger partial charge in [0.1, 0.15) is 0 Å². The fourth-order valence-electron chi connectivity index (χ4n) is 2.83. The van der Waals surface area contributed by atoms with Crippen LogP contribution >= 0.6 is 0 Å². The zero-order valence-electron chi connectivity index (χ0n) is 11.4. The van der Waals surface area contributed by atoms with Crippen LogP contribution in [0.5, 0.6) is 0 Å². The number of carbonyl (C=O) groups is 2. The topological polar surface area (TPSA) is 67.9 Å². The lowest BCUT2D eigenvalue weighted by molar-refractivity contribution is -0.143. The molecule has 0 aromatic heterocycles. The van der Waals surface area contributed by atoms with Crippen molar-refractivity contribution >= 4 is 12.0 Å². The van der Waals surface area contributed by atoms with Gasteiger partial charge in [-0.15, -0.1) is 0 Å².